The third-order valence-electron chi connectivity index (χ3n) is 2.89. The van der Waals surface area contributed by atoms with Gasteiger partial charge in [0.1, 0.15) is 5.75 Å². The van der Waals surface area contributed by atoms with Crippen LogP contribution in [0.25, 0.3) is 5.57 Å². The molecule has 1 heterocycles. The second kappa shape index (κ2) is 4.35. The van der Waals surface area contributed by atoms with E-state index in [0.717, 1.165) is 30.8 Å². The Labute approximate surface area is 91.1 Å². The summed E-state index contributed by atoms with van der Waals surface area (Å²) in [4.78, 5) is 0. The number of fused-ring (bicyclic) bond motifs is 1. The van der Waals surface area contributed by atoms with Crippen LogP contribution in [-0.4, -0.2) is 6.61 Å². The van der Waals surface area contributed by atoms with Gasteiger partial charge in [-0.3, -0.25) is 0 Å². The largest absolute Gasteiger partial charge is 0.492 e. The van der Waals surface area contributed by atoms with Crippen molar-refractivity contribution in [2.75, 3.05) is 6.61 Å². The lowest BCUT2D eigenvalue weighted by molar-refractivity contribution is 0.261. The molecule has 1 heteroatoms. The number of benzene rings is 1. The van der Waals surface area contributed by atoms with Gasteiger partial charge in [-0.1, -0.05) is 30.9 Å². The molecule has 1 aliphatic rings. The molecule has 1 aromatic rings. The molecule has 1 aromatic carbocycles. The van der Waals surface area contributed by atoms with Crippen molar-refractivity contribution in [3.63, 3.8) is 0 Å². The zero-order chi connectivity index (χ0) is 10.7. The van der Waals surface area contributed by atoms with Gasteiger partial charge >= 0.3 is 0 Å². The van der Waals surface area contributed by atoms with Crippen LogP contribution < -0.4 is 4.74 Å². The molecule has 0 unspecified atom stereocenters. The molecular formula is C14H16O. The van der Waals surface area contributed by atoms with E-state index in [1.165, 1.54) is 5.57 Å². The molecule has 0 amide bonds. The zero-order valence-corrected chi connectivity index (χ0v) is 8.91. The van der Waals surface area contributed by atoms with Gasteiger partial charge in [-0.15, -0.1) is 6.58 Å². The monoisotopic (exact) mass is 200 g/mol. The Morgan fingerprint density at radius 1 is 1.40 bits per heavy atom. The van der Waals surface area contributed by atoms with E-state index in [1.54, 1.807) is 0 Å². The molecule has 0 N–H and O–H groups in total. The summed E-state index contributed by atoms with van der Waals surface area (Å²) in [6.45, 7) is 8.67. The van der Waals surface area contributed by atoms with E-state index in [1.807, 2.05) is 24.3 Å². The second-order valence-electron chi connectivity index (χ2n) is 3.90. The molecule has 1 aliphatic heterocycles. The average Bonchev–Trinajstić information content (AvgIpc) is 2.29. The fourth-order valence-corrected chi connectivity index (χ4v) is 1.95. The van der Waals surface area contributed by atoms with E-state index in [4.69, 9.17) is 4.74 Å². The standard InChI is InChI=1S/C14H16O/c1-3-4-7-12-10-15-14-9-6-5-8-13(14)11(12)2/h3,5-6,8-9,12H,1-2,4,7,10H2/t12-/m1/s1. The topological polar surface area (TPSA) is 9.23 Å². The SMILES string of the molecule is C=CCC[C@@H]1COc2ccccc2C1=C. The van der Waals surface area contributed by atoms with E-state index in [-0.39, 0.29) is 0 Å². The molecule has 1 nitrogen and oxygen atoms in total. The summed E-state index contributed by atoms with van der Waals surface area (Å²) in [6.07, 6.45) is 4.06. The summed E-state index contributed by atoms with van der Waals surface area (Å²) >= 11 is 0. The maximum absolute atomic E-state index is 5.71. The van der Waals surface area contributed by atoms with Crippen LogP contribution in [0.5, 0.6) is 5.75 Å². The summed E-state index contributed by atoms with van der Waals surface area (Å²) in [5.74, 6) is 1.41. The van der Waals surface area contributed by atoms with Crippen LogP contribution in [0, 0.1) is 5.92 Å². The number of para-hydroxylation sites is 1. The van der Waals surface area contributed by atoms with Crippen LogP contribution in [0.4, 0.5) is 0 Å². The molecule has 0 saturated heterocycles. The average molecular weight is 200 g/mol. The summed E-state index contributed by atoms with van der Waals surface area (Å²) in [7, 11) is 0. The van der Waals surface area contributed by atoms with Crippen molar-refractivity contribution in [2.45, 2.75) is 12.8 Å². The Morgan fingerprint density at radius 3 is 3.00 bits per heavy atom. The van der Waals surface area contributed by atoms with E-state index < -0.39 is 0 Å². The molecule has 0 fully saturated rings. The summed E-state index contributed by atoms with van der Waals surface area (Å²) in [5, 5.41) is 0. The number of hydrogen-bond donors (Lipinski definition) is 0. The highest BCUT2D eigenvalue weighted by Crippen LogP contribution is 2.36. The highest BCUT2D eigenvalue weighted by molar-refractivity contribution is 5.71. The van der Waals surface area contributed by atoms with Gasteiger partial charge in [0.05, 0.1) is 6.61 Å². The molecule has 0 aliphatic carbocycles. The van der Waals surface area contributed by atoms with Gasteiger partial charge in [-0.2, -0.15) is 0 Å². The maximum atomic E-state index is 5.71. The number of hydrogen-bond acceptors (Lipinski definition) is 1. The van der Waals surface area contributed by atoms with Crippen molar-refractivity contribution < 1.29 is 4.74 Å². The fraction of sp³-hybridized carbons (Fsp3) is 0.286. The lowest BCUT2D eigenvalue weighted by Gasteiger charge is -2.27. The molecule has 0 radical (unpaired) electrons. The third-order valence-corrected chi connectivity index (χ3v) is 2.89. The molecule has 0 spiro atoms. The van der Waals surface area contributed by atoms with E-state index in [0.29, 0.717) is 5.92 Å². The normalized spacial score (nSPS) is 19.2. The zero-order valence-electron chi connectivity index (χ0n) is 8.91. The molecular weight excluding hydrogens is 184 g/mol. The van der Waals surface area contributed by atoms with Crippen LogP contribution in [0.3, 0.4) is 0 Å². The molecule has 15 heavy (non-hydrogen) atoms. The Hall–Kier alpha value is -1.50. The summed E-state index contributed by atoms with van der Waals surface area (Å²) in [5.41, 5.74) is 2.37. The minimum atomic E-state index is 0.442. The fourth-order valence-electron chi connectivity index (χ4n) is 1.95. The Balaban J connectivity index is 2.18. The van der Waals surface area contributed by atoms with Crippen molar-refractivity contribution in [3.8, 4) is 5.75 Å². The van der Waals surface area contributed by atoms with Crippen molar-refractivity contribution in [1.29, 1.82) is 0 Å². The van der Waals surface area contributed by atoms with E-state index in [2.05, 4.69) is 19.2 Å². The summed E-state index contributed by atoms with van der Waals surface area (Å²) < 4.78 is 5.71. The molecule has 2 rings (SSSR count). The smallest absolute Gasteiger partial charge is 0.126 e. The predicted molar refractivity (Wildman–Crippen MR) is 63.9 cm³/mol. The van der Waals surface area contributed by atoms with Gasteiger partial charge < -0.3 is 4.74 Å². The summed E-state index contributed by atoms with van der Waals surface area (Å²) in [6, 6.07) is 8.11. The highest BCUT2D eigenvalue weighted by atomic mass is 16.5. The minimum absolute atomic E-state index is 0.442. The van der Waals surface area contributed by atoms with Gasteiger partial charge in [0.15, 0.2) is 0 Å². The molecule has 1 atom stereocenters. The quantitative estimate of drug-likeness (QED) is 0.676. The maximum Gasteiger partial charge on any atom is 0.126 e. The Bertz CT molecular complexity index is 379. The van der Waals surface area contributed by atoms with Gasteiger partial charge in [0.2, 0.25) is 0 Å². The van der Waals surface area contributed by atoms with Gasteiger partial charge in [0, 0.05) is 11.5 Å². The molecule has 0 aromatic heterocycles. The van der Waals surface area contributed by atoms with Crippen molar-refractivity contribution >= 4 is 5.57 Å². The molecule has 0 bridgehead atoms. The minimum Gasteiger partial charge on any atom is -0.492 e. The molecule has 78 valence electrons. The van der Waals surface area contributed by atoms with Gasteiger partial charge in [-0.05, 0) is 24.5 Å². The first kappa shape index (κ1) is 10.0. The number of rotatable bonds is 3. The van der Waals surface area contributed by atoms with Crippen molar-refractivity contribution in [3.05, 3.63) is 49.1 Å². The van der Waals surface area contributed by atoms with Gasteiger partial charge in [-0.25, -0.2) is 0 Å². The van der Waals surface area contributed by atoms with Crippen molar-refractivity contribution in [2.24, 2.45) is 5.92 Å². The Kier molecular flexibility index (Phi) is 2.91. The first-order chi connectivity index (χ1) is 7.33. The lowest BCUT2D eigenvalue weighted by atomic mass is 9.88. The molecule has 0 saturated carbocycles. The van der Waals surface area contributed by atoms with Crippen LogP contribution >= 0.6 is 0 Å². The predicted octanol–water partition coefficient (Wildman–Crippen LogP) is 3.67. The van der Waals surface area contributed by atoms with E-state index >= 15 is 0 Å². The lowest BCUT2D eigenvalue weighted by Crippen LogP contribution is -2.19. The van der Waals surface area contributed by atoms with E-state index in [9.17, 15) is 0 Å². The third kappa shape index (κ3) is 1.96. The van der Waals surface area contributed by atoms with Crippen LogP contribution in [-0.2, 0) is 0 Å². The van der Waals surface area contributed by atoms with Gasteiger partial charge in [0.25, 0.3) is 0 Å². The number of allylic oxidation sites excluding steroid dienone is 1. The first-order valence-electron chi connectivity index (χ1n) is 5.35. The highest BCUT2D eigenvalue weighted by Gasteiger charge is 2.22. The van der Waals surface area contributed by atoms with Crippen LogP contribution in [0.15, 0.2) is 43.5 Å². The Morgan fingerprint density at radius 2 is 2.20 bits per heavy atom. The van der Waals surface area contributed by atoms with Crippen LogP contribution in [0.2, 0.25) is 0 Å². The van der Waals surface area contributed by atoms with Crippen molar-refractivity contribution in [1.82, 2.24) is 0 Å². The number of ether oxygens (including phenoxy) is 1. The van der Waals surface area contributed by atoms with Crippen LogP contribution in [0.1, 0.15) is 18.4 Å². The first-order valence-corrected chi connectivity index (χ1v) is 5.35. The second-order valence-corrected chi connectivity index (χ2v) is 3.90.